The molecule has 1 unspecified atom stereocenters. The predicted octanol–water partition coefficient (Wildman–Crippen LogP) is 4.07. The molecule has 2 heteroatoms. The molecule has 1 atom stereocenters. The summed E-state index contributed by atoms with van der Waals surface area (Å²) in [5.41, 5.74) is 3.30. The van der Waals surface area contributed by atoms with Crippen molar-refractivity contribution in [3.05, 3.63) is 65.2 Å². The van der Waals surface area contributed by atoms with Crippen molar-refractivity contribution < 1.29 is 9.53 Å². The van der Waals surface area contributed by atoms with Crippen molar-refractivity contribution in [1.82, 2.24) is 0 Å². The monoisotopic (exact) mass is 280 g/mol. The number of hydrogen-bond donors (Lipinski definition) is 0. The molecular weight excluding hydrogens is 260 g/mol. The van der Waals surface area contributed by atoms with Gasteiger partial charge in [0.1, 0.15) is 5.75 Å². The SMILES string of the molecule is COc1cccc(CC2CCCc3ccccc3C2=O)c1. The lowest BCUT2D eigenvalue weighted by Crippen LogP contribution is -2.16. The third-order valence-corrected chi connectivity index (χ3v) is 4.27. The summed E-state index contributed by atoms with van der Waals surface area (Å²) in [6, 6.07) is 16.1. The standard InChI is InChI=1S/C19H20O2/c1-21-17-10-4-6-14(13-17)12-16-9-5-8-15-7-2-3-11-18(15)19(16)20/h2-4,6-7,10-11,13,16H,5,8-9,12H2,1H3. The third kappa shape index (κ3) is 2.99. The summed E-state index contributed by atoms with van der Waals surface area (Å²) in [7, 11) is 1.67. The van der Waals surface area contributed by atoms with Crippen LogP contribution in [0.5, 0.6) is 5.75 Å². The molecule has 0 saturated carbocycles. The molecule has 0 aliphatic heterocycles. The van der Waals surface area contributed by atoms with Gasteiger partial charge in [0.2, 0.25) is 0 Å². The second-order valence-electron chi connectivity index (χ2n) is 5.67. The lowest BCUT2D eigenvalue weighted by molar-refractivity contribution is 0.0915. The highest BCUT2D eigenvalue weighted by atomic mass is 16.5. The van der Waals surface area contributed by atoms with Crippen LogP contribution in [0.4, 0.5) is 0 Å². The van der Waals surface area contributed by atoms with Crippen LogP contribution in [0, 0.1) is 5.92 Å². The highest BCUT2D eigenvalue weighted by molar-refractivity contribution is 5.99. The fourth-order valence-corrected chi connectivity index (χ4v) is 3.15. The molecule has 0 spiro atoms. The van der Waals surface area contributed by atoms with E-state index in [4.69, 9.17) is 4.74 Å². The Kier molecular flexibility index (Phi) is 4.05. The minimum absolute atomic E-state index is 0.0840. The molecule has 2 aromatic carbocycles. The molecule has 108 valence electrons. The van der Waals surface area contributed by atoms with E-state index in [1.807, 2.05) is 36.4 Å². The first-order valence-electron chi connectivity index (χ1n) is 7.53. The summed E-state index contributed by atoms with van der Waals surface area (Å²) in [5.74, 6) is 1.24. The maximum atomic E-state index is 12.8. The van der Waals surface area contributed by atoms with E-state index in [9.17, 15) is 4.79 Å². The van der Waals surface area contributed by atoms with Gasteiger partial charge in [-0.25, -0.2) is 0 Å². The van der Waals surface area contributed by atoms with Crippen LogP contribution in [-0.2, 0) is 12.8 Å². The number of rotatable bonds is 3. The number of fused-ring (bicyclic) bond motifs is 1. The van der Waals surface area contributed by atoms with Gasteiger partial charge in [-0.05, 0) is 48.9 Å². The van der Waals surface area contributed by atoms with Crippen molar-refractivity contribution in [3.63, 3.8) is 0 Å². The molecule has 3 rings (SSSR count). The summed E-state index contributed by atoms with van der Waals surface area (Å²) >= 11 is 0. The number of methoxy groups -OCH3 is 1. The first-order valence-corrected chi connectivity index (χ1v) is 7.53. The van der Waals surface area contributed by atoms with Crippen LogP contribution in [-0.4, -0.2) is 12.9 Å². The summed E-state index contributed by atoms with van der Waals surface area (Å²) in [5, 5.41) is 0. The Morgan fingerprint density at radius 3 is 2.86 bits per heavy atom. The third-order valence-electron chi connectivity index (χ3n) is 4.27. The fourth-order valence-electron chi connectivity index (χ4n) is 3.15. The van der Waals surface area contributed by atoms with E-state index in [0.29, 0.717) is 5.78 Å². The van der Waals surface area contributed by atoms with Gasteiger partial charge in [0.15, 0.2) is 5.78 Å². The van der Waals surface area contributed by atoms with Crippen LogP contribution in [0.3, 0.4) is 0 Å². The smallest absolute Gasteiger partial charge is 0.166 e. The quantitative estimate of drug-likeness (QED) is 0.792. The topological polar surface area (TPSA) is 26.3 Å². The molecule has 0 radical (unpaired) electrons. The van der Waals surface area contributed by atoms with Crippen LogP contribution >= 0.6 is 0 Å². The summed E-state index contributed by atoms with van der Waals surface area (Å²) in [6.07, 6.45) is 3.85. The molecule has 0 bridgehead atoms. The zero-order chi connectivity index (χ0) is 14.7. The number of carbonyl (C=O) groups excluding carboxylic acids is 1. The molecule has 21 heavy (non-hydrogen) atoms. The number of aryl methyl sites for hydroxylation is 1. The Bertz CT molecular complexity index is 646. The van der Waals surface area contributed by atoms with Crippen LogP contribution in [0.1, 0.15) is 34.3 Å². The van der Waals surface area contributed by atoms with Crippen molar-refractivity contribution >= 4 is 5.78 Å². The molecule has 0 fully saturated rings. The maximum Gasteiger partial charge on any atom is 0.166 e. The Morgan fingerprint density at radius 1 is 1.14 bits per heavy atom. The molecule has 0 heterocycles. The number of ketones is 1. The highest BCUT2D eigenvalue weighted by Gasteiger charge is 2.25. The molecule has 1 aliphatic carbocycles. The minimum Gasteiger partial charge on any atom is -0.497 e. The number of Topliss-reactive ketones (excluding diaryl/α,β-unsaturated/α-hetero) is 1. The number of hydrogen-bond acceptors (Lipinski definition) is 2. The second-order valence-corrected chi connectivity index (χ2v) is 5.67. The average Bonchev–Trinajstić information content (AvgIpc) is 2.68. The molecule has 0 saturated heterocycles. The first-order chi connectivity index (χ1) is 10.3. The lowest BCUT2D eigenvalue weighted by Gasteiger charge is -2.14. The first kappa shape index (κ1) is 13.9. The average molecular weight is 280 g/mol. The van der Waals surface area contributed by atoms with Gasteiger partial charge in [-0.2, -0.15) is 0 Å². The summed E-state index contributed by atoms with van der Waals surface area (Å²) < 4.78 is 5.27. The summed E-state index contributed by atoms with van der Waals surface area (Å²) in [6.45, 7) is 0. The lowest BCUT2D eigenvalue weighted by atomic mass is 9.89. The normalized spacial score (nSPS) is 18.0. The molecular formula is C19H20O2. The van der Waals surface area contributed by atoms with E-state index in [2.05, 4.69) is 12.1 Å². The minimum atomic E-state index is 0.0840. The Hall–Kier alpha value is -2.09. The van der Waals surface area contributed by atoms with Gasteiger partial charge < -0.3 is 4.74 Å². The zero-order valence-corrected chi connectivity index (χ0v) is 12.3. The molecule has 0 amide bonds. The molecule has 1 aliphatic rings. The Balaban J connectivity index is 1.84. The van der Waals surface area contributed by atoms with Gasteiger partial charge in [-0.3, -0.25) is 4.79 Å². The van der Waals surface area contributed by atoms with Crippen molar-refractivity contribution in [1.29, 1.82) is 0 Å². The second kappa shape index (κ2) is 6.13. The van der Waals surface area contributed by atoms with E-state index < -0.39 is 0 Å². The van der Waals surface area contributed by atoms with Crippen LogP contribution in [0.2, 0.25) is 0 Å². The van der Waals surface area contributed by atoms with Crippen molar-refractivity contribution in [2.75, 3.05) is 7.11 Å². The van der Waals surface area contributed by atoms with Gasteiger partial charge in [0, 0.05) is 11.5 Å². The van der Waals surface area contributed by atoms with E-state index >= 15 is 0 Å². The highest BCUT2D eigenvalue weighted by Crippen LogP contribution is 2.27. The van der Waals surface area contributed by atoms with Crippen LogP contribution < -0.4 is 4.74 Å². The fraction of sp³-hybridized carbons (Fsp3) is 0.316. The largest absolute Gasteiger partial charge is 0.497 e. The predicted molar refractivity (Wildman–Crippen MR) is 83.9 cm³/mol. The van der Waals surface area contributed by atoms with Crippen LogP contribution in [0.15, 0.2) is 48.5 Å². The van der Waals surface area contributed by atoms with Gasteiger partial charge in [-0.1, -0.05) is 36.4 Å². The van der Waals surface area contributed by atoms with Crippen molar-refractivity contribution in [2.24, 2.45) is 5.92 Å². The van der Waals surface area contributed by atoms with Gasteiger partial charge in [0.05, 0.1) is 7.11 Å². The zero-order valence-electron chi connectivity index (χ0n) is 12.3. The number of ether oxygens (including phenoxy) is 1. The van der Waals surface area contributed by atoms with Crippen molar-refractivity contribution in [3.8, 4) is 5.75 Å². The van der Waals surface area contributed by atoms with E-state index in [1.165, 1.54) is 11.1 Å². The Labute approximate surface area is 125 Å². The molecule has 2 nitrogen and oxygen atoms in total. The van der Waals surface area contributed by atoms with Gasteiger partial charge in [-0.15, -0.1) is 0 Å². The Morgan fingerprint density at radius 2 is 2.00 bits per heavy atom. The number of benzene rings is 2. The molecule has 0 aromatic heterocycles. The van der Waals surface area contributed by atoms with Gasteiger partial charge >= 0.3 is 0 Å². The number of carbonyl (C=O) groups is 1. The van der Waals surface area contributed by atoms with E-state index in [-0.39, 0.29) is 5.92 Å². The summed E-state index contributed by atoms with van der Waals surface area (Å²) in [4.78, 5) is 12.8. The molecule has 2 aromatic rings. The molecule has 0 N–H and O–H groups in total. The maximum absolute atomic E-state index is 12.8. The van der Waals surface area contributed by atoms with E-state index in [0.717, 1.165) is 37.0 Å². The van der Waals surface area contributed by atoms with Gasteiger partial charge in [0.25, 0.3) is 0 Å². The van der Waals surface area contributed by atoms with Crippen LogP contribution in [0.25, 0.3) is 0 Å². The van der Waals surface area contributed by atoms with E-state index in [1.54, 1.807) is 7.11 Å². The van der Waals surface area contributed by atoms with Crippen molar-refractivity contribution in [2.45, 2.75) is 25.7 Å².